The van der Waals surface area contributed by atoms with Crippen molar-refractivity contribution in [2.24, 2.45) is 0 Å². The standard InChI is InChI=1S/C16H11BrINO2/c17-11-1-6-15-14(8-11)10(9-21-15)7-16(20)19-13-4-2-12(18)3-5-13/h1-6,8-9H,7H2,(H,19,20). The number of carbonyl (C=O) groups is 1. The van der Waals surface area contributed by atoms with Crippen LogP contribution >= 0.6 is 38.5 Å². The summed E-state index contributed by atoms with van der Waals surface area (Å²) in [6.07, 6.45) is 1.93. The highest BCUT2D eigenvalue weighted by molar-refractivity contribution is 14.1. The summed E-state index contributed by atoms with van der Waals surface area (Å²) in [6.45, 7) is 0. The highest BCUT2D eigenvalue weighted by Crippen LogP contribution is 2.25. The average Bonchev–Trinajstić information content (AvgIpc) is 2.84. The Morgan fingerprint density at radius 2 is 1.95 bits per heavy atom. The van der Waals surface area contributed by atoms with Gasteiger partial charge in [-0.3, -0.25) is 4.79 Å². The molecule has 0 bridgehead atoms. The van der Waals surface area contributed by atoms with Crippen LogP contribution in [0, 0.1) is 3.57 Å². The zero-order valence-corrected chi connectivity index (χ0v) is 14.6. The Bertz CT molecular complexity index is 796. The molecule has 3 rings (SSSR count). The van der Waals surface area contributed by atoms with E-state index in [1.807, 2.05) is 42.5 Å². The van der Waals surface area contributed by atoms with E-state index >= 15 is 0 Å². The number of halogens is 2. The molecule has 0 aliphatic carbocycles. The van der Waals surface area contributed by atoms with E-state index in [0.29, 0.717) is 0 Å². The molecule has 0 saturated heterocycles. The van der Waals surface area contributed by atoms with E-state index in [9.17, 15) is 4.79 Å². The molecule has 3 nitrogen and oxygen atoms in total. The molecule has 5 heteroatoms. The number of nitrogens with one attached hydrogen (secondary N) is 1. The van der Waals surface area contributed by atoms with Gasteiger partial charge in [0.05, 0.1) is 12.7 Å². The van der Waals surface area contributed by atoms with Crippen LogP contribution in [0.5, 0.6) is 0 Å². The first-order valence-corrected chi connectivity index (χ1v) is 8.20. The summed E-state index contributed by atoms with van der Waals surface area (Å²) in [6, 6.07) is 13.5. The van der Waals surface area contributed by atoms with Gasteiger partial charge in [0.25, 0.3) is 0 Å². The van der Waals surface area contributed by atoms with Gasteiger partial charge in [0.1, 0.15) is 5.58 Å². The molecule has 2 aromatic carbocycles. The number of anilines is 1. The van der Waals surface area contributed by atoms with E-state index in [-0.39, 0.29) is 12.3 Å². The van der Waals surface area contributed by atoms with Crippen LogP contribution in [0.4, 0.5) is 5.69 Å². The van der Waals surface area contributed by atoms with Crippen molar-refractivity contribution in [3.8, 4) is 0 Å². The molecule has 1 N–H and O–H groups in total. The maximum atomic E-state index is 12.1. The molecule has 0 unspecified atom stereocenters. The number of hydrogen-bond donors (Lipinski definition) is 1. The first-order valence-electron chi connectivity index (χ1n) is 6.33. The Kier molecular flexibility index (Phi) is 4.30. The van der Waals surface area contributed by atoms with Gasteiger partial charge in [-0.1, -0.05) is 15.9 Å². The first-order chi connectivity index (χ1) is 10.1. The molecule has 1 amide bonds. The lowest BCUT2D eigenvalue weighted by molar-refractivity contribution is -0.115. The van der Waals surface area contributed by atoms with E-state index < -0.39 is 0 Å². The number of furan rings is 1. The molecule has 106 valence electrons. The molecule has 0 aliphatic rings. The van der Waals surface area contributed by atoms with Crippen molar-refractivity contribution in [3.63, 3.8) is 0 Å². The minimum Gasteiger partial charge on any atom is -0.464 e. The summed E-state index contributed by atoms with van der Waals surface area (Å²) in [5.41, 5.74) is 2.47. The molecule has 0 fully saturated rings. The van der Waals surface area contributed by atoms with Gasteiger partial charge in [-0.15, -0.1) is 0 Å². The second-order valence-electron chi connectivity index (χ2n) is 4.63. The lowest BCUT2D eigenvalue weighted by Crippen LogP contribution is -2.14. The zero-order valence-electron chi connectivity index (χ0n) is 10.9. The number of hydrogen-bond acceptors (Lipinski definition) is 2. The molecule has 0 spiro atoms. The number of carbonyl (C=O) groups excluding carboxylic acids is 1. The summed E-state index contributed by atoms with van der Waals surface area (Å²) in [5.74, 6) is -0.0566. The molecule has 1 heterocycles. The third-order valence-electron chi connectivity index (χ3n) is 3.09. The largest absolute Gasteiger partial charge is 0.464 e. The number of fused-ring (bicyclic) bond motifs is 1. The Balaban J connectivity index is 1.77. The highest BCUT2D eigenvalue weighted by atomic mass is 127. The summed E-state index contributed by atoms with van der Waals surface area (Å²) in [7, 11) is 0. The van der Waals surface area contributed by atoms with Gasteiger partial charge in [0.2, 0.25) is 5.91 Å². The van der Waals surface area contributed by atoms with Gasteiger partial charge >= 0.3 is 0 Å². The summed E-state index contributed by atoms with van der Waals surface area (Å²) in [4.78, 5) is 12.1. The SMILES string of the molecule is O=C(Cc1coc2ccc(Br)cc12)Nc1ccc(I)cc1. The van der Waals surface area contributed by atoms with Gasteiger partial charge in [-0.25, -0.2) is 0 Å². The number of rotatable bonds is 3. The Labute approximate surface area is 144 Å². The molecule has 0 saturated carbocycles. The average molecular weight is 456 g/mol. The Morgan fingerprint density at radius 3 is 2.71 bits per heavy atom. The monoisotopic (exact) mass is 455 g/mol. The third-order valence-corrected chi connectivity index (χ3v) is 4.31. The lowest BCUT2D eigenvalue weighted by atomic mass is 10.1. The van der Waals surface area contributed by atoms with Crippen LogP contribution in [-0.2, 0) is 11.2 Å². The van der Waals surface area contributed by atoms with Crippen LogP contribution in [0.15, 0.2) is 57.6 Å². The summed E-state index contributed by atoms with van der Waals surface area (Å²) < 4.78 is 7.57. The fraction of sp³-hybridized carbons (Fsp3) is 0.0625. The van der Waals surface area contributed by atoms with Crippen molar-refractivity contribution in [1.82, 2.24) is 0 Å². The van der Waals surface area contributed by atoms with Gasteiger partial charge < -0.3 is 9.73 Å². The van der Waals surface area contributed by atoms with Crippen LogP contribution in [0.3, 0.4) is 0 Å². The smallest absolute Gasteiger partial charge is 0.228 e. The van der Waals surface area contributed by atoms with Crippen LogP contribution in [-0.4, -0.2) is 5.91 Å². The van der Waals surface area contributed by atoms with Gasteiger partial charge in [0, 0.05) is 24.7 Å². The van der Waals surface area contributed by atoms with Crippen molar-refractivity contribution in [1.29, 1.82) is 0 Å². The topological polar surface area (TPSA) is 42.2 Å². The number of amides is 1. The van der Waals surface area contributed by atoms with Gasteiger partial charge in [0.15, 0.2) is 0 Å². The molecule has 21 heavy (non-hydrogen) atoms. The van der Waals surface area contributed by atoms with E-state index in [0.717, 1.165) is 30.3 Å². The van der Waals surface area contributed by atoms with Crippen molar-refractivity contribution >= 4 is 61.1 Å². The van der Waals surface area contributed by atoms with Crippen LogP contribution < -0.4 is 5.32 Å². The van der Waals surface area contributed by atoms with Crippen molar-refractivity contribution in [2.45, 2.75) is 6.42 Å². The van der Waals surface area contributed by atoms with Crippen molar-refractivity contribution in [3.05, 3.63) is 62.3 Å². The third kappa shape index (κ3) is 3.47. The predicted octanol–water partition coefficient (Wildman–Crippen LogP) is 4.98. The fourth-order valence-electron chi connectivity index (χ4n) is 2.10. The minimum atomic E-state index is -0.0566. The van der Waals surface area contributed by atoms with Gasteiger partial charge in [-0.2, -0.15) is 0 Å². The quantitative estimate of drug-likeness (QED) is 0.566. The summed E-state index contributed by atoms with van der Waals surface area (Å²) >= 11 is 5.67. The predicted molar refractivity (Wildman–Crippen MR) is 95.4 cm³/mol. The molecule has 0 atom stereocenters. The van der Waals surface area contributed by atoms with Crippen molar-refractivity contribution in [2.75, 3.05) is 5.32 Å². The van der Waals surface area contributed by atoms with Crippen LogP contribution in [0.25, 0.3) is 11.0 Å². The minimum absolute atomic E-state index is 0.0566. The van der Waals surface area contributed by atoms with E-state index in [1.54, 1.807) is 6.26 Å². The highest BCUT2D eigenvalue weighted by Gasteiger charge is 2.11. The second kappa shape index (κ2) is 6.19. The molecular formula is C16H11BrINO2. The molecule has 3 aromatic rings. The first kappa shape index (κ1) is 14.6. The van der Waals surface area contributed by atoms with E-state index in [2.05, 4.69) is 43.8 Å². The molecular weight excluding hydrogens is 445 g/mol. The molecule has 0 radical (unpaired) electrons. The van der Waals surface area contributed by atoms with Crippen LogP contribution in [0.1, 0.15) is 5.56 Å². The molecule has 1 aromatic heterocycles. The van der Waals surface area contributed by atoms with E-state index in [1.165, 1.54) is 0 Å². The number of benzene rings is 2. The normalized spacial score (nSPS) is 10.8. The maximum Gasteiger partial charge on any atom is 0.228 e. The summed E-state index contributed by atoms with van der Waals surface area (Å²) in [5, 5.41) is 3.85. The Morgan fingerprint density at radius 1 is 1.19 bits per heavy atom. The van der Waals surface area contributed by atoms with Crippen LogP contribution in [0.2, 0.25) is 0 Å². The molecule has 0 aliphatic heterocycles. The van der Waals surface area contributed by atoms with E-state index in [4.69, 9.17) is 4.42 Å². The zero-order chi connectivity index (χ0) is 14.8. The lowest BCUT2D eigenvalue weighted by Gasteiger charge is -2.04. The fourth-order valence-corrected chi connectivity index (χ4v) is 2.82. The Hall–Kier alpha value is -1.34. The van der Waals surface area contributed by atoms with Gasteiger partial charge in [-0.05, 0) is 65.1 Å². The second-order valence-corrected chi connectivity index (χ2v) is 6.79. The maximum absolute atomic E-state index is 12.1. The van der Waals surface area contributed by atoms with Crippen molar-refractivity contribution < 1.29 is 9.21 Å².